The van der Waals surface area contributed by atoms with Crippen LogP contribution in [0.4, 0.5) is 0 Å². The predicted molar refractivity (Wildman–Crippen MR) is 62.1 cm³/mol. The van der Waals surface area contributed by atoms with E-state index in [0.717, 1.165) is 6.42 Å². The Morgan fingerprint density at radius 1 is 1.44 bits per heavy atom. The van der Waals surface area contributed by atoms with E-state index in [2.05, 4.69) is 0 Å². The molecule has 1 heterocycles. The number of nitrogens with two attached hydrogens (primary N) is 1. The van der Waals surface area contributed by atoms with Crippen LogP contribution in [-0.2, 0) is 14.8 Å². The van der Waals surface area contributed by atoms with Gasteiger partial charge in [0.1, 0.15) is 0 Å². The maximum Gasteiger partial charge on any atom is 0.222 e. The van der Waals surface area contributed by atoms with Gasteiger partial charge in [0.15, 0.2) is 0 Å². The van der Waals surface area contributed by atoms with Crippen molar-refractivity contribution in [3.05, 3.63) is 0 Å². The zero-order valence-electron chi connectivity index (χ0n) is 9.85. The molecule has 0 radical (unpaired) electrons. The van der Waals surface area contributed by atoms with Crippen LogP contribution in [-0.4, -0.2) is 38.1 Å². The average molecular weight is 248 g/mol. The van der Waals surface area contributed by atoms with E-state index in [9.17, 15) is 13.2 Å². The minimum absolute atomic E-state index is 0.0178. The van der Waals surface area contributed by atoms with E-state index in [1.807, 2.05) is 13.8 Å². The molecule has 0 aliphatic carbocycles. The summed E-state index contributed by atoms with van der Waals surface area (Å²) in [6.45, 7) is 5.10. The summed E-state index contributed by atoms with van der Waals surface area (Å²) in [5.41, 5.74) is 0. The number of amides is 1. The molecular weight excluding hydrogens is 228 g/mol. The first kappa shape index (κ1) is 13.4. The average Bonchev–Trinajstić information content (AvgIpc) is 2.45. The highest BCUT2D eigenvalue weighted by atomic mass is 32.2. The molecule has 16 heavy (non-hydrogen) atoms. The van der Waals surface area contributed by atoms with Gasteiger partial charge < -0.3 is 4.90 Å². The van der Waals surface area contributed by atoms with Gasteiger partial charge in [-0.2, -0.15) is 0 Å². The van der Waals surface area contributed by atoms with E-state index < -0.39 is 10.0 Å². The fourth-order valence-electron chi connectivity index (χ4n) is 2.13. The van der Waals surface area contributed by atoms with E-state index in [0.29, 0.717) is 19.5 Å². The van der Waals surface area contributed by atoms with Crippen molar-refractivity contribution in [3.8, 4) is 0 Å². The van der Waals surface area contributed by atoms with Crippen molar-refractivity contribution in [3.63, 3.8) is 0 Å². The normalized spacial score (nSPS) is 26.1. The number of likely N-dealkylation sites (tertiary alicyclic amines) is 1. The smallest absolute Gasteiger partial charge is 0.222 e. The summed E-state index contributed by atoms with van der Waals surface area (Å²) in [5, 5.41) is 5.03. The number of rotatable bonds is 4. The molecule has 1 fully saturated rings. The molecule has 6 heteroatoms. The Balaban J connectivity index is 2.57. The van der Waals surface area contributed by atoms with Crippen LogP contribution in [0, 0.1) is 11.8 Å². The van der Waals surface area contributed by atoms with Crippen molar-refractivity contribution in [1.82, 2.24) is 4.90 Å². The first-order valence-electron chi connectivity index (χ1n) is 5.61. The minimum atomic E-state index is -3.44. The summed E-state index contributed by atoms with van der Waals surface area (Å²) < 4.78 is 22.0. The van der Waals surface area contributed by atoms with E-state index in [4.69, 9.17) is 5.14 Å². The lowest BCUT2D eigenvalue weighted by molar-refractivity contribution is -0.130. The molecule has 1 saturated heterocycles. The lowest BCUT2D eigenvalue weighted by atomic mass is 10.0. The standard InChI is InChI=1S/C10H20N2O3S/c1-3-4-10(13)12-5-8(2)9(6-12)7-16(11,14)15/h8-9H,3-7H2,1-2H3,(H2,11,14,15). The summed E-state index contributed by atoms with van der Waals surface area (Å²) in [6, 6.07) is 0. The molecule has 0 spiro atoms. The quantitative estimate of drug-likeness (QED) is 0.770. The van der Waals surface area contributed by atoms with Gasteiger partial charge in [-0.1, -0.05) is 13.8 Å². The van der Waals surface area contributed by atoms with Gasteiger partial charge in [-0.25, -0.2) is 13.6 Å². The third-order valence-electron chi connectivity index (χ3n) is 3.03. The molecule has 1 aliphatic heterocycles. The molecule has 94 valence electrons. The monoisotopic (exact) mass is 248 g/mol. The molecule has 0 aromatic heterocycles. The largest absolute Gasteiger partial charge is 0.342 e. The van der Waals surface area contributed by atoms with E-state index >= 15 is 0 Å². The molecule has 2 atom stereocenters. The van der Waals surface area contributed by atoms with Crippen molar-refractivity contribution < 1.29 is 13.2 Å². The van der Waals surface area contributed by atoms with Crippen LogP contribution in [0.1, 0.15) is 26.7 Å². The Morgan fingerprint density at radius 2 is 2.06 bits per heavy atom. The first-order valence-corrected chi connectivity index (χ1v) is 7.33. The summed E-state index contributed by atoms with van der Waals surface area (Å²) >= 11 is 0. The summed E-state index contributed by atoms with van der Waals surface area (Å²) in [7, 11) is -3.44. The van der Waals surface area contributed by atoms with Gasteiger partial charge >= 0.3 is 0 Å². The molecule has 2 N–H and O–H groups in total. The van der Waals surface area contributed by atoms with Gasteiger partial charge in [-0.15, -0.1) is 0 Å². The zero-order valence-corrected chi connectivity index (χ0v) is 10.7. The number of hydrogen-bond donors (Lipinski definition) is 1. The second-order valence-electron chi connectivity index (χ2n) is 4.62. The minimum Gasteiger partial charge on any atom is -0.342 e. The molecule has 0 aromatic rings. The SMILES string of the molecule is CCCC(=O)N1CC(C)C(CS(N)(=O)=O)C1. The predicted octanol–water partition coefficient (Wildman–Crippen LogP) is 0.170. The van der Waals surface area contributed by atoms with E-state index in [-0.39, 0.29) is 23.5 Å². The highest BCUT2D eigenvalue weighted by Gasteiger charge is 2.33. The molecule has 1 rings (SSSR count). The Labute approximate surface area is 97.0 Å². The Hall–Kier alpha value is -0.620. The van der Waals surface area contributed by atoms with Gasteiger partial charge in [0.2, 0.25) is 15.9 Å². The number of primary sulfonamides is 1. The fraction of sp³-hybridized carbons (Fsp3) is 0.900. The molecule has 1 aliphatic rings. The molecule has 2 unspecified atom stereocenters. The maximum absolute atomic E-state index is 11.6. The number of nitrogens with zero attached hydrogens (tertiary/aromatic N) is 1. The van der Waals surface area contributed by atoms with Gasteiger partial charge in [0.05, 0.1) is 5.75 Å². The van der Waals surface area contributed by atoms with Crippen LogP contribution < -0.4 is 5.14 Å². The van der Waals surface area contributed by atoms with Crippen LogP contribution in [0.2, 0.25) is 0 Å². The van der Waals surface area contributed by atoms with Gasteiger partial charge in [-0.3, -0.25) is 4.79 Å². The molecule has 0 aromatic carbocycles. The molecule has 1 amide bonds. The third kappa shape index (κ3) is 3.75. The van der Waals surface area contributed by atoms with Gasteiger partial charge in [0, 0.05) is 19.5 Å². The van der Waals surface area contributed by atoms with Crippen LogP contribution in [0.15, 0.2) is 0 Å². The van der Waals surface area contributed by atoms with E-state index in [1.54, 1.807) is 4.90 Å². The highest BCUT2D eigenvalue weighted by Crippen LogP contribution is 2.24. The lowest BCUT2D eigenvalue weighted by Crippen LogP contribution is -2.30. The van der Waals surface area contributed by atoms with Crippen LogP contribution in [0.25, 0.3) is 0 Å². The third-order valence-corrected chi connectivity index (χ3v) is 3.92. The molecule has 0 saturated carbocycles. The molecule has 5 nitrogen and oxygen atoms in total. The van der Waals surface area contributed by atoms with Crippen molar-refractivity contribution in [1.29, 1.82) is 0 Å². The Kier molecular flexibility index (Phi) is 4.32. The number of carbonyl (C=O) groups is 1. The van der Waals surface area contributed by atoms with Gasteiger partial charge in [0.25, 0.3) is 0 Å². The van der Waals surface area contributed by atoms with Gasteiger partial charge in [-0.05, 0) is 18.3 Å². The second-order valence-corrected chi connectivity index (χ2v) is 6.27. The topological polar surface area (TPSA) is 80.5 Å². The molecular formula is C10H20N2O3S. The van der Waals surface area contributed by atoms with Crippen molar-refractivity contribution in [2.45, 2.75) is 26.7 Å². The van der Waals surface area contributed by atoms with Crippen molar-refractivity contribution in [2.24, 2.45) is 17.0 Å². The van der Waals surface area contributed by atoms with E-state index in [1.165, 1.54) is 0 Å². The van der Waals surface area contributed by atoms with Crippen LogP contribution in [0.3, 0.4) is 0 Å². The zero-order chi connectivity index (χ0) is 12.3. The maximum atomic E-state index is 11.6. The van der Waals surface area contributed by atoms with Crippen molar-refractivity contribution in [2.75, 3.05) is 18.8 Å². The number of hydrogen-bond acceptors (Lipinski definition) is 3. The highest BCUT2D eigenvalue weighted by molar-refractivity contribution is 7.89. The van der Waals surface area contributed by atoms with Crippen molar-refractivity contribution >= 4 is 15.9 Å². The second kappa shape index (κ2) is 5.14. The lowest BCUT2D eigenvalue weighted by Gasteiger charge is -2.15. The Bertz CT molecular complexity index is 353. The number of carbonyl (C=O) groups excluding carboxylic acids is 1. The number of sulfonamides is 1. The van der Waals surface area contributed by atoms with Crippen LogP contribution >= 0.6 is 0 Å². The summed E-state index contributed by atoms with van der Waals surface area (Å²) in [6.07, 6.45) is 1.36. The van der Waals surface area contributed by atoms with Crippen LogP contribution in [0.5, 0.6) is 0 Å². The Morgan fingerprint density at radius 3 is 2.56 bits per heavy atom. The summed E-state index contributed by atoms with van der Waals surface area (Å²) in [4.78, 5) is 13.4. The first-order chi connectivity index (χ1) is 7.33. The fourth-order valence-corrected chi connectivity index (χ4v) is 3.16. The molecule has 0 bridgehead atoms. The summed E-state index contributed by atoms with van der Waals surface area (Å²) in [5.74, 6) is 0.283.